The first-order valence-corrected chi connectivity index (χ1v) is 8.52. The van der Waals surface area contributed by atoms with Crippen molar-refractivity contribution in [3.8, 4) is 0 Å². The van der Waals surface area contributed by atoms with Crippen molar-refractivity contribution in [3.63, 3.8) is 0 Å². The van der Waals surface area contributed by atoms with Crippen molar-refractivity contribution in [1.29, 1.82) is 0 Å². The van der Waals surface area contributed by atoms with Crippen LogP contribution in [-0.2, 0) is 6.54 Å². The molecule has 0 amide bonds. The Morgan fingerprint density at radius 1 is 1.40 bits per heavy atom. The van der Waals surface area contributed by atoms with Gasteiger partial charge in [-0.25, -0.2) is 0 Å². The fourth-order valence-corrected chi connectivity index (χ4v) is 3.52. The van der Waals surface area contributed by atoms with Crippen molar-refractivity contribution in [2.45, 2.75) is 51.4 Å². The highest BCUT2D eigenvalue weighted by Gasteiger charge is 2.24. The van der Waals surface area contributed by atoms with Crippen molar-refractivity contribution >= 4 is 17.4 Å². The van der Waals surface area contributed by atoms with Crippen molar-refractivity contribution in [1.82, 2.24) is 10.3 Å². The molecule has 1 aliphatic heterocycles. The molecule has 0 spiro atoms. The van der Waals surface area contributed by atoms with Crippen molar-refractivity contribution in [3.05, 3.63) is 24.0 Å². The Balaban J connectivity index is 2.11. The quantitative estimate of drug-likeness (QED) is 0.922. The number of nitrogens with zero attached hydrogens (tertiary/aromatic N) is 2. The fraction of sp³-hybridized carbons (Fsp3) is 0.688. The Morgan fingerprint density at radius 3 is 2.95 bits per heavy atom. The van der Waals surface area contributed by atoms with E-state index in [1.165, 1.54) is 23.4 Å². The molecule has 3 nitrogen and oxygen atoms in total. The monoisotopic (exact) mass is 293 g/mol. The van der Waals surface area contributed by atoms with Crippen LogP contribution in [0.15, 0.2) is 18.5 Å². The minimum absolute atomic E-state index is 0.396. The number of anilines is 1. The maximum absolute atomic E-state index is 4.34. The maximum atomic E-state index is 4.34. The standard InChI is InChI=1S/C16H27N3S/c1-13(2)18-11-14-5-7-17-12-15(14)19-8-6-16(3,4)20-10-9-19/h5,7,12-13,18H,6,8-11H2,1-4H3. The first kappa shape index (κ1) is 15.6. The lowest BCUT2D eigenvalue weighted by atomic mass is 10.1. The van der Waals surface area contributed by atoms with Gasteiger partial charge in [0.25, 0.3) is 0 Å². The van der Waals surface area contributed by atoms with Crippen LogP contribution in [0.5, 0.6) is 0 Å². The fourth-order valence-electron chi connectivity index (χ4n) is 2.42. The lowest BCUT2D eigenvalue weighted by Gasteiger charge is -2.26. The molecule has 1 aliphatic rings. The lowest BCUT2D eigenvalue weighted by molar-refractivity contribution is 0.586. The Hall–Kier alpha value is -0.740. The third-order valence-corrected chi connectivity index (χ3v) is 5.14. The Bertz CT molecular complexity index is 431. The summed E-state index contributed by atoms with van der Waals surface area (Å²) in [6.07, 6.45) is 5.15. The van der Waals surface area contributed by atoms with Gasteiger partial charge in [0.05, 0.1) is 11.9 Å². The summed E-state index contributed by atoms with van der Waals surface area (Å²) in [5, 5.41) is 3.51. The summed E-state index contributed by atoms with van der Waals surface area (Å²) in [6.45, 7) is 12.2. The maximum Gasteiger partial charge on any atom is 0.0598 e. The largest absolute Gasteiger partial charge is 0.369 e. The van der Waals surface area contributed by atoms with Gasteiger partial charge in [-0.1, -0.05) is 27.7 Å². The molecule has 1 aromatic rings. The number of nitrogens with one attached hydrogen (secondary N) is 1. The van der Waals surface area contributed by atoms with E-state index in [-0.39, 0.29) is 0 Å². The van der Waals surface area contributed by atoms with Gasteiger partial charge in [-0.15, -0.1) is 0 Å². The molecule has 0 aliphatic carbocycles. The number of aromatic nitrogens is 1. The minimum atomic E-state index is 0.396. The number of hydrogen-bond donors (Lipinski definition) is 1. The van der Waals surface area contributed by atoms with Gasteiger partial charge in [0.2, 0.25) is 0 Å². The number of rotatable bonds is 4. The van der Waals surface area contributed by atoms with Gasteiger partial charge < -0.3 is 10.2 Å². The zero-order valence-electron chi connectivity index (χ0n) is 13.1. The summed E-state index contributed by atoms with van der Waals surface area (Å²) in [6, 6.07) is 2.66. The Kier molecular flexibility index (Phi) is 5.33. The highest BCUT2D eigenvalue weighted by Crippen LogP contribution is 2.32. The second-order valence-electron chi connectivity index (χ2n) is 6.39. The van der Waals surface area contributed by atoms with Crippen molar-refractivity contribution in [2.24, 2.45) is 0 Å². The average molecular weight is 293 g/mol. The van der Waals surface area contributed by atoms with E-state index in [0.717, 1.165) is 19.6 Å². The molecule has 1 N–H and O–H groups in total. The number of thioether (sulfide) groups is 1. The third kappa shape index (κ3) is 4.38. The molecule has 0 aromatic carbocycles. The van der Waals surface area contributed by atoms with E-state index in [1.807, 2.05) is 12.4 Å². The van der Waals surface area contributed by atoms with Gasteiger partial charge in [0, 0.05) is 42.4 Å². The molecule has 0 bridgehead atoms. The van der Waals surface area contributed by atoms with Crippen molar-refractivity contribution < 1.29 is 0 Å². The molecular weight excluding hydrogens is 266 g/mol. The van der Waals surface area contributed by atoms with Crippen LogP contribution in [0.4, 0.5) is 5.69 Å². The molecule has 0 unspecified atom stereocenters. The van der Waals surface area contributed by atoms with E-state index in [9.17, 15) is 0 Å². The zero-order valence-corrected chi connectivity index (χ0v) is 14.0. The SMILES string of the molecule is CC(C)NCc1ccncc1N1CCSC(C)(C)CC1. The molecule has 0 atom stereocenters. The Labute approximate surface area is 127 Å². The van der Waals surface area contributed by atoms with Gasteiger partial charge in [-0.05, 0) is 18.1 Å². The topological polar surface area (TPSA) is 28.2 Å². The summed E-state index contributed by atoms with van der Waals surface area (Å²) in [4.78, 5) is 6.84. The van der Waals surface area contributed by atoms with E-state index < -0.39 is 0 Å². The molecule has 1 aromatic heterocycles. The molecule has 2 heterocycles. The van der Waals surface area contributed by atoms with Crippen LogP contribution in [0.25, 0.3) is 0 Å². The summed E-state index contributed by atoms with van der Waals surface area (Å²) in [5.41, 5.74) is 2.66. The second kappa shape index (κ2) is 6.81. The van der Waals surface area contributed by atoms with E-state index in [0.29, 0.717) is 10.8 Å². The smallest absolute Gasteiger partial charge is 0.0598 e. The van der Waals surface area contributed by atoms with Gasteiger partial charge in [-0.3, -0.25) is 4.98 Å². The van der Waals surface area contributed by atoms with Crippen LogP contribution in [0.3, 0.4) is 0 Å². The summed E-state index contributed by atoms with van der Waals surface area (Å²) >= 11 is 2.09. The van der Waals surface area contributed by atoms with Gasteiger partial charge in [0.15, 0.2) is 0 Å². The molecular formula is C16H27N3S. The molecule has 1 saturated heterocycles. The van der Waals surface area contributed by atoms with Crippen LogP contribution in [0.2, 0.25) is 0 Å². The van der Waals surface area contributed by atoms with E-state index >= 15 is 0 Å². The average Bonchev–Trinajstić information content (AvgIpc) is 2.58. The third-order valence-electron chi connectivity index (χ3n) is 3.77. The predicted molar refractivity (Wildman–Crippen MR) is 89.6 cm³/mol. The molecule has 2 rings (SSSR count). The highest BCUT2D eigenvalue weighted by atomic mass is 32.2. The number of hydrogen-bond acceptors (Lipinski definition) is 4. The predicted octanol–water partition coefficient (Wildman–Crippen LogP) is 3.30. The molecule has 0 saturated carbocycles. The molecule has 1 fully saturated rings. The van der Waals surface area contributed by atoms with Crippen LogP contribution in [0, 0.1) is 0 Å². The Morgan fingerprint density at radius 2 is 2.20 bits per heavy atom. The molecule has 20 heavy (non-hydrogen) atoms. The van der Waals surface area contributed by atoms with Gasteiger partial charge >= 0.3 is 0 Å². The van der Waals surface area contributed by atoms with E-state index in [2.05, 4.69) is 60.7 Å². The van der Waals surface area contributed by atoms with Crippen LogP contribution in [-0.4, -0.2) is 34.6 Å². The van der Waals surface area contributed by atoms with Gasteiger partial charge in [-0.2, -0.15) is 11.8 Å². The summed E-state index contributed by atoms with van der Waals surface area (Å²) in [5.74, 6) is 1.19. The zero-order chi connectivity index (χ0) is 14.6. The number of pyridine rings is 1. The molecule has 4 heteroatoms. The highest BCUT2D eigenvalue weighted by molar-refractivity contribution is 8.00. The van der Waals surface area contributed by atoms with Crippen LogP contribution in [0.1, 0.15) is 39.7 Å². The molecule has 0 radical (unpaired) electrons. The van der Waals surface area contributed by atoms with Crippen LogP contribution < -0.4 is 10.2 Å². The summed E-state index contributed by atoms with van der Waals surface area (Å²) < 4.78 is 0.396. The minimum Gasteiger partial charge on any atom is -0.369 e. The lowest BCUT2D eigenvalue weighted by Crippen LogP contribution is -2.29. The van der Waals surface area contributed by atoms with E-state index in [1.54, 1.807) is 0 Å². The van der Waals surface area contributed by atoms with Crippen molar-refractivity contribution in [2.75, 3.05) is 23.7 Å². The first-order chi connectivity index (χ1) is 9.48. The normalized spacial score (nSPS) is 19.1. The molecule has 112 valence electrons. The van der Waals surface area contributed by atoms with Gasteiger partial charge in [0.1, 0.15) is 0 Å². The first-order valence-electron chi connectivity index (χ1n) is 7.53. The van der Waals surface area contributed by atoms with E-state index in [4.69, 9.17) is 0 Å². The second-order valence-corrected chi connectivity index (χ2v) is 8.19. The van der Waals surface area contributed by atoms with Crippen LogP contribution >= 0.6 is 11.8 Å². The summed E-state index contributed by atoms with van der Waals surface area (Å²) in [7, 11) is 0.